The number of benzene rings is 1. The van der Waals surface area contributed by atoms with Crippen molar-refractivity contribution in [3.8, 4) is 5.75 Å². The summed E-state index contributed by atoms with van der Waals surface area (Å²) in [4.78, 5) is 0. The van der Waals surface area contributed by atoms with Crippen LogP contribution in [0.5, 0.6) is 5.75 Å². The summed E-state index contributed by atoms with van der Waals surface area (Å²) in [5.74, 6) is 0.104. The van der Waals surface area contributed by atoms with Gasteiger partial charge in [-0.05, 0) is 35.9 Å². The number of halogens is 1. The van der Waals surface area contributed by atoms with E-state index in [2.05, 4.69) is 0 Å². The molecule has 0 fully saturated rings. The van der Waals surface area contributed by atoms with E-state index in [1.165, 1.54) is 11.3 Å². The lowest BCUT2D eigenvalue weighted by Crippen LogP contribution is -1.93. The molecule has 0 N–H and O–H groups in total. The fraction of sp³-hybridized carbons (Fsp3) is 0.200. The minimum absolute atomic E-state index is 0.241. The number of hydrogen-bond donors (Lipinski definition) is 0. The fourth-order valence-corrected chi connectivity index (χ4v) is 2.07. The van der Waals surface area contributed by atoms with E-state index in [4.69, 9.17) is 4.74 Å². The number of fused-ring (bicyclic) bond motifs is 1. The van der Waals surface area contributed by atoms with Crippen molar-refractivity contribution in [1.29, 1.82) is 0 Å². The van der Waals surface area contributed by atoms with Gasteiger partial charge in [0.05, 0.1) is 11.3 Å². The van der Waals surface area contributed by atoms with Gasteiger partial charge in [-0.15, -0.1) is 11.3 Å². The maximum atomic E-state index is 13.6. The molecule has 0 radical (unpaired) electrons. The number of ether oxygens (including phenoxy) is 1. The van der Waals surface area contributed by atoms with Crippen LogP contribution >= 0.6 is 11.3 Å². The summed E-state index contributed by atoms with van der Waals surface area (Å²) in [6.45, 7) is 2.34. The van der Waals surface area contributed by atoms with Crippen LogP contribution in [0.4, 0.5) is 4.39 Å². The third-order valence-corrected chi connectivity index (χ3v) is 2.75. The van der Waals surface area contributed by atoms with Gasteiger partial charge in [-0.3, -0.25) is 0 Å². The van der Waals surface area contributed by atoms with Crippen LogP contribution in [0, 0.1) is 5.82 Å². The number of rotatable bonds is 2. The molecule has 3 heteroatoms. The van der Waals surface area contributed by atoms with Crippen LogP contribution < -0.4 is 4.74 Å². The van der Waals surface area contributed by atoms with E-state index in [9.17, 15) is 4.39 Å². The molecule has 0 aliphatic carbocycles. The van der Waals surface area contributed by atoms with Crippen LogP contribution in [-0.2, 0) is 0 Å². The molecule has 13 heavy (non-hydrogen) atoms. The van der Waals surface area contributed by atoms with Crippen molar-refractivity contribution in [2.75, 3.05) is 6.61 Å². The highest BCUT2D eigenvalue weighted by molar-refractivity contribution is 7.17. The predicted octanol–water partition coefficient (Wildman–Crippen LogP) is 3.44. The average molecular weight is 196 g/mol. The molecule has 1 heterocycles. The molecule has 1 aromatic carbocycles. The highest BCUT2D eigenvalue weighted by atomic mass is 32.1. The van der Waals surface area contributed by atoms with Crippen LogP contribution in [0.1, 0.15) is 6.92 Å². The molecule has 0 atom stereocenters. The molecule has 68 valence electrons. The molecular formula is C10H9FOS. The van der Waals surface area contributed by atoms with Crippen molar-refractivity contribution in [3.63, 3.8) is 0 Å². The molecular weight excluding hydrogens is 187 g/mol. The molecule has 0 bridgehead atoms. The molecule has 0 aliphatic heterocycles. The summed E-state index contributed by atoms with van der Waals surface area (Å²) >= 11 is 1.40. The Kier molecular flexibility index (Phi) is 2.19. The first kappa shape index (κ1) is 8.51. The van der Waals surface area contributed by atoms with Gasteiger partial charge in [0.25, 0.3) is 0 Å². The van der Waals surface area contributed by atoms with Crippen LogP contribution in [0.15, 0.2) is 23.6 Å². The Bertz CT molecular complexity index is 422. The van der Waals surface area contributed by atoms with Crippen molar-refractivity contribution in [3.05, 3.63) is 29.4 Å². The second-order valence-electron chi connectivity index (χ2n) is 2.65. The zero-order valence-corrected chi connectivity index (χ0v) is 8.03. The normalized spacial score (nSPS) is 10.6. The van der Waals surface area contributed by atoms with Gasteiger partial charge in [-0.1, -0.05) is 0 Å². The number of hydrogen-bond acceptors (Lipinski definition) is 2. The summed E-state index contributed by atoms with van der Waals surface area (Å²) in [7, 11) is 0. The van der Waals surface area contributed by atoms with E-state index in [1.54, 1.807) is 6.07 Å². The maximum Gasteiger partial charge on any atom is 0.182 e. The molecule has 0 aliphatic rings. The Morgan fingerprint density at radius 2 is 2.23 bits per heavy atom. The lowest BCUT2D eigenvalue weighted by atomic mass is 10.2. The Morgan fingerprint density at radius 1 is 1.38 bits per heavy atom. The molecule has 0 spiro atoms. The minimum atomic E-state index is -0.241. The van der Waals surface area contributed by atoms with Crippen molar-refractivity contribution < 1.29 is 9.13 Å². The Morgan fingerprint density at radius 3 is 3.00 bits per heavy atom. The molecule has 2 aromatic rings. The average Bonchev–Trinajstić information content (AvgIpc) is 2.58. The maximum absolute atomic E-state index is 13.6. The van der Waals surface area contributed by atoms with E-state index < -0.39 is 0 Å². The van der Waals surface area contributed by atoms with Crippen molar-refractivity contribution in [1.82, 2.24) is 0 Å². The fourth-order valence-electron chi connectivity index (χ4n) is 1.25. The third kappa shape index (κ3) is 1.40. The second kappa shape index (κ2) is 3.34. The Hall–Kier alpha value is -1.09. The van der Waals surface area contributed by atoms with E-state index >= 15 is 0 Å². The van der Waals surface area contributed by atoms with E-state index in [1.807, 2.05) is 24.4 Å². The van der Waals surface area contributed by atoms with Gasteiger partial charge in [-0.2, -0.15) is 0 Å². The largest absolute Gasteiger partial charge is 0.491 e. The zero-order valence-electron chi connectivity index (χ0n) is 7.21. The van der Waals surface area contributed by atoms with Crippen molar-refractivity contribution in [2.24, 2.45) is 0 Å². The summed E-state index contributed by atoms with van der Waals surface area (Å²) in [6, 6.07) is 5.45. The SMILES string of the molecule is CCOc1ccc2ccsc2c1F. The second-order valence-corrected chi connectivity index (χ2v) is 3.57. The third-order valence-electron chi connectivity index (χ3n) is 1.83. The molecule has 0 saturated carbocycles. The lowest BCUT2D eigenvalue weighted by molar-refractivity contribution is 0.323. The van der Waals surface area contributed by atoms with Gasteiger partial charge in [0.1, 0.15) is 0 Å². The van der Waals surface area contributed by atoms with E-state index in [-0.39, 0.29) is 5.82 Å². The highest BCUT2D eigenvalue weighted by Crippen LogP contribution is 2.30. The van der Waals surface area contributed by atoms with Gasteiger partial charge in [0, 0.05) is 0 Å². The van der Waals surface area contributed by atoms with Gasteiger partial charge in [0.2, 0.25) is 0 Å². The van der Waals surface area contributed by atoms with Crippen LogP contribution in [0.2, 0.25) is 0 Å². The first-order valence-electron chi connectivity index (χ1n) is 4.11. The first-order chi connectivity index (χ1) is 6.33. The molecule has 1 nitrogen and oxygen atoms in total. The molecule has 0 amide bonds. The minimum Gasteiger partial charge on any atom is -0.491 e. The first-order valence-corrected chi connectivity index (χ1v) is 4.99. The summed E-state index contributed by atoms with van der Waals surface area (Å²) in [5, 5.41) is 2.81. The standard InChI is InChI=1S/C10H9FOS/c1-2-12-8-4-3-7-5-6-13-10(7)9(8)11/h3-6H,2H2,1H3. The smallest absolute Gasteiger partial charge is 0.182 e. The van der Waals surface area contributed by atoms with Crippen molar-refractivity contribution in [2.45, 2.75) is 6.92 Å². The highest BCUT2D eigenvalue weighted by Gasteiger charge is 2.08. The van der Waals surface area contributed by atoms with Crippen LogP contribution in [0.3, 0.4) is 0 Å². The van der Waals surface area contributed by atoms with Crippen LogP contribution in [-0.4, -0.2) is 6.61 Å². The van der Waals surface area contributed by atoms with E-state index in [0.29, 0.717) is 17.1 Å². The monoisotopic (exact) mass is 196 g/mol. The molecule has 2 rings (SSSR count). The topological polar surface area (TPSA) is 9.23 Å². The zero-order chi connectivity index (χ0) is 9.26. The molecule has 0 unspecified atom stereocenters. The number of thiophene rings is 1. The van der Waals surface area contributed by atoms with E-state index in [0.717, 1.165) is 5.39 Å². The Balaban J connectivity index is 2.59. The summed E-state index contributed by atoms with van der Waals surface area (Å²) in [5.41, 5.74) is 0. The summed E-state index contributed by atoms with van der Waals surface area (Å²) in [6.07, 6.45) is 0. The van der Waals surface area contributed by atoms with Crippen LogP contribution in [0.25, 0.3) is 10.1 Å². The van der Waals surface area contributed by atoms with Gasteiger partial charge in [-0.25, -0.2) is 4.39 Å². The Labute approximate surface area is 79.8 Å². The quantitative estimate of drug-likeness (QED) is 0.715. The lowest BCUT2D eigenvalue weighted by Gasteiger charge is -2.03. The summed E-state index contributed by atoms with van der Waals surface area (Å²) < 4.78 is 19.4. The van der Waals surface area contributed by atoms with Crippen molar-refractivity contribution >= 4 is 21.4 Å². The van der Waals surface area contributed by atoms with Gasteiger partial charge >= 0.3 is 0 Å². The predicted molar refractivity (Wildman–Crippen MR) is 53.0 cm³/mol. The van der Waals surface area contributed by atoms with Gasteiger partial charge in [0.15, 0.2) is 11.6 Å². The molecule has 1 aromatic heterocycles. The van der Waals surface area contributed by atoms with Gasteiger partial charge < -0.3 is 4.74 Å². The molecule has 0 saturated heterocycles.